The van der Waals surface area contributed by atoms with Crippen molar-refractivity contribution in [3.8, 4) is 0 Å². The topological polar surface area (TPSA) is 41.1 Å². The monoisotopic (exact) mass is 312 g/mol. The number of hydrogen-bond donors (Lipinski definition) is 2. The summed E-state index contributed by atoms with van der Waals surface area (Å²) in [7, 11) is 0. The molecule has 0 bridgehead atoms. The third-order valence-corrected chi connectivity index (χ3v) is 2.98. The van der Waals surface area contributed by atoms with Crippen LogP contribution in [0.25, 0.3) is 0 Å². The summed E-state index contributed by atoms with van der Waals surface area (Å²) in [5.74, 6) is 0.0199. The smallest absolute Gasteiger partial charge is 0.234 e. The standard InChI is InChI=1S/C14H21BrN2O/c1-10(11-5-7-12(15)8-6-11)16-9-13(18)17-14(2,3)4/h5-8,10,16H,9H2,1-4H3,(H,17,18). The van der Waals surface area contributed by atoms with E-state index in [1.807, 2.05) is 52.0 Å². The largest absolute Gasteiger partial charge is 0.350 e. The van der Waals surface area contributed by atoms with Crippen LogP contribution in [0.15, 0.2) is 28.7 Å². The van der Waals surface area contributed by atoms with Crippen LogP contribution in [0.3, 0.4) is 0 Å². The van der Waals surface area contributed by atoms with Gasteiger partial charge in [0, 0.05) is 16.1 Å². The minimum atomic E-state index is -0.181. The lowest BCUT2D eigenvalue weighted by Crippen LogP contribution is -2.45. The molecule has 0 aliphatic carbocycles. The summed E-state index contributed by atoms with van der Waals surface area (Å²) >= 11 is 3.41. The van der Waals surface area contributed by atoms with E-state index in [0.717, 1.165) is 4.47 Å². The van der Waals surface area contributed by atoms with Crippen molar-refractivity contribution in [3.63, 3.8) is 0 Å². The molecule has 0 radical (unpaired) electrons. The van der Waals surface area contributed by atoms with Crippen molar-refractivity contribution >= 4 is 21.8 Å². The molecule has 1 amide bonds. The van der Waals surface area contributed by atoms with Crippen LogP contribution in [-0.2, 0) is 4.79 Å². The highest BCUT2D eigenvalue weighted by Gasteiger charge is 2.14. The molecule has 3 nitrogen and oxygen atoms in total. The molecule has 4 heteroatoms. The summed E-state index contributed by atoms with van der Waals surface area (Å²) in [6.45, 7) is 8.30. The molecule has 0 heterocycles. The minimum Gasteiger partial charge on any atom is -0.350 e. The van der Waals surface area contributed by atoms with Gasteiger partial charge in [-0.3, -0.25) is 4.79 Å². The van der Waals surface area contributed by atoms with E-state index in [2.05, 4.69) is 26.6 Å². The molecule has 1 atom stereocenters. The highest BCUT2D eigenvalue weighted by molar-refractivity contribution is 9.10. The molecule has 0 saturated heterocycles. The van der Waals surface area contributed by atoms with Crippen molar-refractivity contribution in [3.05, 3.63) is 34.3 Å². The summed E-state index contributed by atoms with van der Waals surface area (Å²) < 4.78 is 1.06. The van der Waals surface area contributed by atoms with Crippen molar-refractivity contribution in [1.82, 2.24) is 10.6 Å². The summed E-state index contributed by atoms with van der Waals surface area (Å²) in [5, 5.41) is 6.14. The van der Waals surface area contributed by atoms with E-state index in [9.17, 15) is 4.79 Å². The average molecular weight is 313 g/mol. The maximum atomic E-state index is 11.7. The number of hydrogen-bond acceptors (Lipinski definition) is 2. The van der Waals surface area contributed by atoms with E-state index < -0.39 is 0 Å². The molecule has 1 aromatic rings. The lowest BCUT2D eigenvalue weighted by molar-refractivity contribution is -0.121. The lowest BCUT2D eigenvalue weighted by Gasteiger charge is -2.21. The molecule has 0 aliphatic rings. The highest BCUT2D eigenvalue weighted by atomic mass is 79.9. The van der Waals surface area contributed by atoms with Crippen molar-refractivity contribution in [2.24, 2.45) is 0 Å². The van der Waals surface area contributed by atoms with E-state index in [-0.39, 0.29) is 17.5 Å². The van der Waals surface area contributed by atoms with Crippen LogP contribution in [0.4, 0.5) is 0 Å². The first-order valence-electron chi connectivity index (χ1n) is 6.08. The molecule has 0 aromatic heterocycles. The zero-order valence-corrected chi connectivity index (χ0v) is 13.0. The predicted molar refractivity (Wildman–Crippen MR) is 78.5 cm³/mol. The summed E-state index contributed by atoms with van der Waals surface area (Å²) in [4.78, 5) is 11.7. The van der Waals surface area contributed by atoms with E-state index >= 15 is 0 Å². The molecule has 1 aromatic carbocycles. The molecule has 2 N–H and O–H groups in total. The Bertz CT molecular complexity index is 395. The van der Waals surface area contributed by atoms with Crippen LogP contribution in [0.2, 0.25) is 0 Å². The molecule has 1 rings (SSSR count). The van der Waals surface area contributed by atoms with Gasteiger partial charge in [0.2, 0.25) is 5.91 Å². The SMILES string of the molecule is CC(NCC(=O)NC(C)(C)C)c1ccc(Br)cc1. The van der Waals surface area contributed by atoms with Gasteiger partial charge in [-0.25, -0.2) is 0 Å². The fraction of sp³-hybridized carbons (Fsp3) is 0.500. The molecule has 0 spiro atoms. The van der Waals surface area contributed by atoms with Gasteiger partial charge < -0.3 is 10.6 Å². The molecule has 0 aliphatic heterocycles. The van der Waals surface area contributed by atoms with E-state index in [4.69, 9.17) is 0 Å². The van der Waals surface area contributed by atoms with Crippen molar-refractivity contribution in [2.75, 3.05) is 6.54 Å². The highest BCUT2D eigenvalue weighted by Crippen LogP contribution is 2.16. The molecule has 100 valence electrons. The number of benzene rings is 1. The molecular formula is C14H21BrN2O. The average Bonchev–Trinajstić information content (AvgIpc) is 2.24. The van der Waals surface area contributed by atoms with Gasteiger partial charge in [-0.15, -0.1) is 0 Å². The third-order valence-electron chi connectivity index (χ3n) is 2.45. The van der Waals surface area contributed by atoms with E-state index in [1.54, 1.807) is 0 Å². The van der Waals surface area contributed by atoms with Crippen LogP contribution in [0, 0.1) is 0 Å². The Hall–Kier alpha value is -0.870. The van der Waals surface area contributed by atoms with Gasteiger partial charge in [-0.1, -0.05) is 28.1 Å². The minimum absolute atomic E-state index is 0.0199. The fourth-order valence-corrected chi connectivity index (χ4v) is 1.84. The van der Waals surface area contributed by atoms with Crippen LogP contribution in [0.1, 0.15) is 39.3 Å². The van der Waals surface area contributed by atoms with Gasteiger partial charge in [-0.2, -0.15) is 0 Å². The number of amides is 1. The van der Waals surface area contributed by atoms with Gasteiger partial charge in [0.25, 0.3) is 0 Å². The summed E-state index contributed by atoms with van der Waals surface area (Å²) in [6.07, 6.45) is 0. The van der Waals surface area contributed by atoms with Gasteiger partial charge in [0.15, 0.2) is 0 Å². The van der Waals surface area contributed by atoms with Gasteiger partial charge >= 0.3 is 0 Å². The van der Waals surface area contributed by atoms with Crippen LogP contribution in [-0.4, -0.2) is 18.0 Å². The summed E-state index contributed by atoms with van der Waals surface area (Å²) in [6, 6.07) is 8.25. The number of carbonyl (C=O) groups excluding carboxylic acids is 1. The number of halogens is 1. The fourth-order valence-electron chi connectivity index (χ4n) is 1.58. The normalized spacial score (nSPS) is 13.2. The first-order chi connectivity index (χ1) is 8.28. The summed E-state index contributed by atoms with van der Waals surface area (Å²) in [5.41, 5.74) is 0.987. The first kappa shape index (κ1) is 15.2. The number of carbonyl (C=O) groups is 1. The Morgan fingerprint density at radius 3 is 2.33 bits per heavy atom. The maximum Gasteiger partial charge on any atom is 0.234 e. The Kier molecular flexibility index (Phi) is 5.35. The van der Waals surface area contributed by atoms with Gasteiger partial charge in [0.05, 0.1) is 6.54 Å². The van der Waals surface area contributed by atoms with Crippen molar-refractivity contribution in [1.29, 1.82) is 0 Å². The Morgan fingerprint density at radius 1 is 1.28 bits per heavy atom. The van der Waals surface area contributed by atoms with Crippen LogP contribution in [0.5, 0.6) is 0 Å². The first-order valence-corrected chi connectivity index (χ1v) is 6.87. The second kappa shape index (κ2) is 6.34. The molecular weight excluding hydrogens is 292 g/mol. The third kappa shape index (κ3) is 5.65. The van der Waals surface area contributed by atoms with Crippen molar-refractivity contribution in [2.45, 2.75) is 39.3 Å². The molecule has 1 unspecified atom stereocenters. The second-order valence-corrected chi connectivity index (χ2v) is 6.37. The van der Waals surface area contributed by atoms with Gasteiger partial charge in [-0.05, 0) is 45.4 Å². The maximum absolute atomic E-state index is 11.7. The van der Waals surface area contributed by atoms with Crippen LogP contribution < -0.4 is 10.6 Å². The number of rotatable bonds is 4. The predicted octanol–water partition coefficient (Wildman–Crippen LogP) is 3.01. The quantitative estimate of drug-likeness (QED) is 0.897. The number of nitrogens with one attached hydrogen (secondary N) is 2. The molecule has 0 fully saturated rings. The Balaban J connectivity index is 2.44. The van der Waals surface area contributed by atoms with Gasteiger partial charge in [0.1, 0.15) is 0 Å². The Labute approximate surface area is 117 Å². The van der Waals surface area contributed by atoms with E-state index in [0.29, 0.717) is 6.54 Å². The zero-order valence-electron chi connectivity index (χ0n) is 11.4. The van der Waals surface area contributed by atoms with Crippen LogP contribution >= 0.6 is 15.9 Å². The molecule has 18 heavy (non-hydrogen) atoms. The van der Waals surface area contributed by atoms with Crippen molar-refractivity contribution < 1.29 is 4.79 Å². The lowest BCUT2D eigenvalue weighted by atomic mass is 10.1. The zero-order chi connectivity index (χ0) is 13.8. The Morgan fingerprint density at radius 2 is 1.83 bits per heavy atom. The second-order valence-electron chi connectivity index (χ2n) is 5.45. The molecule has 0 saturated carbocycles. The van der Waals surface area contributed by atoms with E-state index in [1.165, 1.54) is 5.56 Å².